The van der Waals surface area contributed by atoms with Gasteiger partial charge >= 0.3 is 10.1 Å². The summed E-state index contributed by atoms with van der Waals surface area (Å²) in [6.45, 7) is 1.87. The standard InChI is InChI=1S/C23H17Br2N3O4S3/c1-14-6-8-16(9-7-14)35(30,31)32-22-17(24)10-15(11-18(22)25)12-26-28-21(29)13-33-23-27-19-4-2-3-5-20(19)34-23/h2-12H,13H2,1H3,(H,28,29)/b26-12-. The van der Waals surface area contributed by atoms with Gasteiger partial charge in [0.05, 0.1) is 31.1 Å². The van der Waals surface area contributed by atoms with Crippen LogP contribution in [0.5, 0.6) is 5.75 Å². The van der Waals surface area contributed by atoms with E-state index >= 15 is 0 Å². The minimum Gasteiger partial charge on any atom is -0.377 e. The van der Waals surface area contributed by atoms with Crippen LogP contribution < -0.4 is 9.61 Å². The first-order valence-electron chi connectivity index (χ1n) is 10.0. The zero-order valence-corrected chi connectivity index (χ0v) is 23.7. The molecule has 0 fully saturated rings. The molecule has 3 aromatic carbocycles. The van der Waals surface area contributed by atoms with Crippen molar-refractivity contribution in [2.75, 3.05) is 5.75 Å². The maximum Gasteiger partial charge on any atom is 0.339 e. The zero-order chi connectivity index (χ0) is 25.0. The van der Waals surface area contributed by atoms with Gasteiger partial charge in [-0.2, -0.15) is 13.5 Å². The van der Waals surface area contributed by atoms with Gasteiger partial charge in [0, 0.05) is 0 Å². The Hall–Kier alpha value is -2.25. The molecule has 180 valence electrons. The molecule has 7 nitrogen and oxygen atoms in total. The molecule has 0 aliphatic carbocycles. The number of amides is 1. The van der Waals surface area contributed by atoms with E-state index in [-0.39, 0.29) is 22.3 Å². The highest BCUT2D eigenvalue weighted by Gasteiger charge is 2.20. The molecule has 1 amide bonds. The highest BCUT2D eigenvalue weighted by atomic mass is 79.9. The number of rotatable bonds is 8. The van der Waals surface area contributed by atoms with Gasteiger partial charge < -0.3 is 4.18 Å². The summed E-state index contributed by atoms with van der Waals surface area (Å²) in [5.74, 6) is 0.0144. The van der Waals surface area contributed by atoms with Crippen molar-refractivity contribution >= 4 is 87.4 Å². The van der Waals surface area contributed by atoms with Crippen LogP contribution in [0.4, 0.5) is 0 Å². The number of carbonyl (C=O) groups excluding carboxylic acids is 1. The molecule has 0 aliphatic rings. The summed E-state index contributed by atoms with van der Waals surface area (Å²) in [4.78, 5) is 16.7. The second kappa shape index (κ2) is 11.2. The number of hydrogen-bond acceptors (Lipinski definition) is 8. The number of fused-ring (bicyclic) bond motifs is 1. The molecule has 1 heterocycles. The second-order valence-corrected chi connectivity index (χ2v) is 12.7. The first kappa shape index (κ1) is 25.8. The highest BCUT2D eigenvalue weighted by Crippen LogP contribution is 2.36. The molecule has 35 heavy (non-hydrogen) atoms. The molecule has 4 aromatic rings. The molecule has 0 spiro atoms. The SMILES string of the molecule is Cc1ccc(S(=O)(=O)Oc2c(Br)cc(/C=N\NC(=O)CSc3nc4ccccc4s3)cc2Br)cc1. The van der Waals surface area contributed by atoms with Crippen molar-refractivity contribution in [1.29, 1.82) is 0 Å². The Labute approximate surface area is 227 Å². The fourth-order valence-electron chi connectivity index (χ4n) is 2.85. The largest absolute Gasteiger partial charge is 0.377 e. The number of thioether (sulfide) groups is 1. The molecule has 0 atom stereocenters. The number of thiazole rings is 1. The number of hydrogen-bond donors (Lipinski definition) is 1. The predicted octanol–water partition coefficient (Wildman–Crippen LogP) is 6.14. The van der Waals surface area contributed by atoms with Crippen molar-refractivity contribution in [2.45, 2.75) is 16.2 Å². The number of aryl methyl sites for hydroxylation is 1. The van der Waals surface area contributed by atoms with E-state index in [4.69, 9.17) is 4.18 Å². The van der Waals surface area contributed by atoms with Crippen molar-refractivity contribution in [3.63, 3.8) is 0 Å². The number of carbonyl (C=O) groups is 1. The topological polar surface area (TPSA) is 97.7 Å². The van der Waals surface area contributed by atoms with Crippen molar-refractivity contribution in [3.05, 3.63) is 80.7 Å². The summed E-state index contributed by atoms with van der Waals surface area (Å²) in [6, 6.07) is 17.5. The number of para-hydroxylation sites is 1. The minimum atomic E-state index is -4.01. The van der Waals surface area contributed by atoms with Crippen LogP contribution in [0.15, 0.2) is 83.9 Å². The lowest BCUT2D eigenvalue weighted by Gasteiger charge is -2.11. The van der Waals surface area contributed by atoms with Crippen LogP contribution in [0.1, 0.15) is 11.1 Å². The van der Waals surface area contributed by atoms with Crippen LogP contribution >= 0.6 is 55.0 Å². The molecule has 0 aliphatic heterocycles. The van der Waals surface area contributed by atoms with Gasteiger partial charge in [-0.3, -0.25) is 4.79 Å². The fraction of sp³-hybridized carbons (Fsp3) is 0.0870. The van der Waals surface area contributed by atoms with Gasteiger partial charge in [0.25, 0.3) is 5.91 Å². The number of halogens is 2. The van der Waals surface area contributed by atoms with Crippen LogP contribution in [-0.2, 0) is 14.9 Å². The first-order valence-corrected chi connectivity index (χ1v) is 14.8. The van der Waals surface area contributed by atoms with E-state index in [1.54, 1.807) is 24.3 Å². The van der Waals surface area contributed by atoms with Crippen LogP contribution in [-0.4, -0.2) is 31.3 Å². The van der Waals surface area contributed by atoms with Gasteiger partial charge in [0.15, 0.2) is 10.1 Å². The highest BCUT2D eigenvalue weighted by molar-refractivity contribution is 9.11. The van der Waals surface area contributed by atoms with Gasteiger partial charge in [0.2, 0.25) is 0 Å². The normalized spacial score (nSPS) is 11.7. The number of nitrogens with one attached hydrogen (secondary N) is 1. The number of hydrazone groups is 1. The molecule has 1 N–H and O–H groups in total. The van der Waals surface area contributed by atoms with E-state index in [1.165, 1.54) is 41.4 Å². The average Bonchev–Trinajstić information content (AvgIpc) is 3.24. The van der Waals surface area contributed by atoms with Gasteiger partial charge in [0.1, 0.15) is 4.90 Å². The Kier molecular flexibility index (Phi) is 8.27. The Bertz CT molecular complexity index is 1460. The van der Waals surface area contributed by atoms with Crippen molar-refractivity contribution in [3.8, 4) is 5.75 Å². The van der Waals surface area contributed by atoms with Gasteiger partial charge in [-0.1, -0.05) is 41.6 Å². The Morgan fingerprint density at radius 3 is 2.51 bits per heavy atom. The van der Waals surface area contributed by atoms with Crippen LogP contribution in [0.25, 0.3) is 10.2 Å². The molecule has 12 heteroatoms. The maximum atomic E-state index is 12.6. The molecule has 1 aromatic heterocycles. The number of aromatic nitrogens is 1. The third kappa shape index (κ3) is 6.70. The summed E-state index contributed by atoms with van der Waals surface area (Å²) >= 11 is 9.57. The van der Waals surface area contributed by atoms with Crippen molar-refractivity contribution in [1.82, 2.24) is 10.4 Å². The Morgan fingerprint density at radius 2 is 1.83 bits per heavy atom. The van der Waals surface area contributed by atoms with E-state index in [0.717, 1.165) is 20.1 Å². The zero-order valence-electron chi connectivity index (χ0n) is 18.1. The molecular formula is C23H17Br2N3O4S3. The van der Waals surface area contributed by atoms with E-state index in [2.05, 4.69) is 47.4 Å². The molecule has 4 rings (SSSR count). The fourth-order valence-corrected chi connectivity index (χ4v) is 7.27. The molecule has 0 bridgehead atoms. The van der Waals surface area contributed by atoms with E-state index in [9.17, 15) is 13.2 Å². The number of benzene rings is 3. The summed E-state index contributed by atoms with van der Waals surface area (Å²) in [5, 5.41) is 3.98. The summed E-state index contributed by atoms with van der Waals surface area (Å²) in [5.41, 5.74) is 4.95. The quantitative estimate of drug-likeness (QED) is 0.106. The van der Waals surface area contributed by atoms with E-state index < -0.39 is 10.1 Å². The third-order valence-corrected chi connectivity index (χ3v) is 9.12. The lowest BCUT2D eigenvalue weighted by Crippen LogP contribution is -2.19. The molecule has 0 unspecified atom stereocenters. The van der Waals surface area contributed by atoms with Gasteiger partial charge in [-0.25, -0.2) is 10.4 Å². The van der Waals surface area contributed by atoms with Crippen LogP contribution in [0.2, 0.25) is 0 Å². The van der Waals surface area contributed by atoms with E-state index in [1.807, 2.05) is 31.2 Å². The lowest BCUT2D eigenvalue weighted by atomic mass is 10.2. The van der Waals surface area contributed by atoms with Crippen LogP contribution in [0.3, 0.4) is 0 Å². The van der Waals surface area contributed by atoms with Crippen LogP contribution in [0, 0.1) is 6.92 Å². The third-order valence-electron chi connectivity index (χ3n) is 4.53. The van der Waals surface area contributed by atoms with Gasteiger partial charge in [-0.15, -0.1) is 11.3 Å². The predicted molar refractivity (Wildman–Crippen MR) is 147 cm³/mol. The molecule has 0 saturated heterocycles. The second-order valence-electron chi connectivity index (χ2n) is 7.19. The minimum absolute atomic E-state index is 0.0546. The van der Waals surface area contributed by atoms with E-state index in [0.29, 0.717) is 14.5 Å². The summed E-state index contributed by atoms with van der Waals surface area (Å²) in [6.07, 6.45) is 1.45. The Morgan fingerprint density at radius 1 is 1.14 bits per heavy atom. The van der Waals surface area contributed by atoms with Gasteiger partial charge in [-0.05, 0) is 80.7 Å². The summed E-state index contributed by atoms with van der Waals surface area (Å²) < 4.78 is 33.3. The van der Waals surface area contributed by atoms with Crippen molar-refractivity contribution in [2.24, 2.45) is 5.10 Å². The average molecular weight is 655 g/mol. The first-order chi connectivity index (χ1) is 16.7. The monoisotopic (exact) mass is 653 g/mol. The molecule has 0 saturated carbocycles. The summed E-state index contributed by atoms with van der Waals surface area (Å²) in [7, 11) is -4.01. The number of nitrogens with zero attached hydrogens (tertiary/aromatic N) is 2. The lowest BCUT2D eigenvalue weighted by molar-refractivity contribution is -0.118. The van der Waals surface area contributed by atoms with Crippen molar-refractivity contribution < 1.29 is 17.4 Å². The molecular weight excluding hydrogens is 638 g/mol. The molecule has 0 radical (unpaired) electrons. The Balaban J connectivity index is 1.36. The maximum absolute atomic E-state index is 12.6. The smallest absolute Gasteiger partial charge is 0.339 e.